The molecule has 2 aliphatic heterocycles. The number of likely N-dealkylation sites (tertiary alicyclic amines) is 1. The molecule has 2 aliphatic rings. The minimum absolute atomic E-state index is 0.0740. The maximum absolute atomic E-state index is 12.0. The Morgan fingerprint density at radius 2 is 2.33 bits per heavy atom. The fourth-order valence-electron chi connectivity index (χ4n) is 2.74. The van der Waals surface area contributed by atoms with E-state index >= 15 is 0 Å². The molecule has 6 nitrogen and oxygen atoms in total. The van der Waals surface area contributed by atoms with E-state index in [2.05, 4.69) is 15.5 Å². The maximum atomic E-state index is 12.0. The fraction of sp³-hybridized carbons (Fsp3) is 0.833. The topological polar surface area (TPSA) is 64.7 Å². The molecule has 0 radical (unpaired) electrons. The Labute approximate surface area is 108 Å². The van der Waals surface area contributed by atoms with Gasteiger partial charge in [0.15, 0.2) is 0 Å². The number of piperidine rings is 1. The Bertz CT molecular complexity index is 319. The number of carbonyl (C=O) groups is 2. The highest BCUT2D eigenvalue weighted by Gasteiger charge is 2.28. The summed E-state index contributed by atoms with van der Waals surface area (Å²) in [5, 5.41) is 5.84. The SMILES string of the molecule is CNCC1CCCN(CC(=O)N2CCNC2=O)C1. The lowest BCUT2D eigenvalue weighted by Gasteiger charge is -2.32. The van der Waals surface area contributed by atoms with Gasteiger partial charge in [0.05, 0.1) is 6.54 Å². The molecule has 0 aromatic carbocycles. The lowest BCUT2D eigenvalue weighted by Crippen LogP contribution is -2.46. The van der Waals surface area contributed by atoms with Crippen molar-refractivity contribution in [2.24, 2.45) is 5.92 Å². The molecular formula is C12H22N4O2. The van der Waals surface area contributed by atoms with Gasteiger partial charge in [0, 0.05) is 19.6 Å². The van der Waals surface area contributed by atoms with E-state index < -0.39 is 0 Å². The monoisotopic (exact) mass is 254 g/mol. The van der Waals surface area contributed by atoms with Crippen LogP contribution >= 0.6 is 0 Å². The van der Waals surface area contributed by atoms with Crippen LogP contribution in [0.5, 0.6) is 0 Å². The van der Waals surface area contributed by atoms with Gasteiger partial charge in [-0.1, -0.05) is 0 Å². The first-order valence-corrected chi connectivity index (χ1v) is 6.66. The number of carbonyl (C=O) groups excluding carboxylic acids is 2. The van der Waals surface area contributed by atoms with Crippen molar-refractivity contribution < 1.29 is 9.59 Å². The minimum atomic E-state index is -0.246. The largest absolute Gasteiger partial charge is 0.336 e. The summed E-state index contributed by atoms with van der Waals surface area (Å²) in [6, 6.07) is -0.246. The Morgan fingerprint density at radius 3 is 3.00 bits per heavy atom. The van der Waals surface area contributed by atoms with Crippen molar-refractivity contribution in [1.29, 1.82) is 0 Å². The second-order valence-corrected chi connectivity index (χ2v) is 5.08. The Morgan fingerprint density at radius 1 is 1.50 bits per heavy atom. The summed E-state index contributed by atoms with van der Waals surface area (Å²) < 4.78 is 0. The van der Waals surface area contributed by atoms with Gasteiger partial charge in [0.25, 0.3) is 0 Å². The van der Waals surface area contributed by atoms with Gasteiger partial charge in [0.2, 0.25) is 5.91 Å². The van der Waals surface area contributed by atoms with Gasteiger partial charge in [-0.25, -0.2) is 4.79 Å². The van der Waals surface area contributed by atoms with E-state index in [1.165, 1.54) is 11.3 Å². The molecule has 0 aromatic heterocycles. The summed E-state index contributed by atoms with van der Waals surface area (Å²) in [7, 11) is 1.96. The van der Waals surface area contributed by atoms with Crippen LogP contribution in [0, 0.1) is 5.92 Å². The lowest BCUT2D eigenvalue weighted by molar-refractivity contribution is -0.129. The first kappa shape index (κ1) is 13.3. The third-order valence-electron chi connectivity index (χ3n) is 3.61. The van der Waals surface area contributed by atoms with Crippen molar-refractivity contribution in [2.45, 2.75) is 12.8 Å². The molecule has 102 valence electrons. The van der Waals surface area contributed by atoms with Crippen LogP contribution in [0.2, 0.25) is 0 Å². The summed E-state index contributed by atoms with van der Waals surface area (Å²) in [4.78, 5) is 26.9. The molecule has 0 spiro atoms. The van der Waals surface area contributed by atoms with Crippen molar-refractivity contribution in [1.82, 2.24) is 20.4 Å². The number of nitrogens with one attached hydrogen (secondary N) is 2. The Balaban J connectivity index is 1.81. The molecule has 0 bridgehead atoms. The van der Waals surface area contributed by atoms with Crippen LogP contribution in [0.4, 0.5) is 4.79 Å². The van der Waals surface area contributed by atoms with Crippen LogP contribution < -0.4 is 10.6 Å². The molecule has 0 aromatic rings. The van der Waals surface area contributed by atoms with Gasteiger partial charge < -0.3 is 10.6 Å². The predicted molar refractivity (Wildman–Crippen MR) is 68.2 cm³/mol. The normalized spacial score (nSPS) is 25.3. The predicted octanol–water partition coefficient (Wildman–Crippen LogP) is -0.530. The molecule has 2 fully saturated rings. The van der Waals surface area contributed by atoms with E-state index in [0.29, 0.717) is 25.6 Å². The molecule has 2 saturated heterocycles. The standard InChI is InChI=1S/C12H22N4O2/c1-13-7-10-3-2-5-15(8-10)9-11(17)16-6-4-14-12(16)18/h10,13H,2-9H2,1H3,(H,14,18). The molecule has 6 heteroatoms. The van der Waals surface area contributed by atoms with E-state index in [4.69, 9.17) is 0 Å². The third kappa shape index (κ3) is 3.20. The van der Waals surface area contributed by atoms with Crippen LogP contribution in [-0.4, -0.2) is 68.1 Å². The summed E-state index contributed by atoms with van der Waals surface area (Å²) in [6.07, 6.45) is 2.35. The van der Waals surface area contributed by atoms with Crippen molar-refractivity contribution in [3.8, 4) is 0 Å². The fourth-order valence-corrected chi connectivity index (χ4v) is 2.74. The molecule has 1 atom stereocenters. The Kier molecular flexibility index (Phi) is 4.54. The average molecular weight is 254 g/mol. The highest BCUT2D eigenvalue weighted by Crippen LogP contribution is 2.15. The minimum Gasteiger partial charge on any atom is -0.336 e. The van der Waals surface area contributed by atoms with Crippen LogP contribution in [0.1, 0.15) is 12.8 Å². The van der Waals surface area contributed by atoms with Crippen molar-refractivity contribution in [3.05, 3.63) is 0 Å². The zero-order chi connectivity index (χ0) is 13.0. The lowest BCUT2D eigenvalue weighted by atomic mass is 9.98. The second kappa shape index (κ2) is 6.15. The van der Waals surface area contributed by atoms with Gasteiger partial charge in [-0.05, 0) is 38.9 Å². The molecule has 2 N–H and O–H groups in total. The zero-order valence-electron chi connectivity index (χ0n) is 10.9. The van der Waals surface area contributed by atoms with Crippen molar-refractivity contribution in [2.75, 3.05) is 46.3 Å². The van der Waals surface area contributed by atoms with Crippen LogP contribution in [0.3, 0.4) is 0 Å². The summed E-state index contributed by atoms with van der Waals surface area (Å²) in [5.41, 5.74) is 0. The quantitative estimate of drug-likeness (QED) is 0.708. The Hall–Kier alpha value is -1.14. The number of hydrogen-bond donors (Lipinski definition) is 2. The van der Waals surface area contributed by atoms with Crippen LogP contribution in [0.25, 0.3) is 0 Å². The number of imide groups is 1. The smallest absolute Gasteiger partial charge is 0.324 e. The highest BCUT2D eigenvalue weighted by molar-refractivity contribution is 5.96. The maximum Gasteiger partial charge on any atom is 0.324 e. The number of nitrogens with zero attached hydrogens (tertiary/aromatic N) is 2. The third-order valence-corrected chi connectivity index (χ3v) is 3.61. The van der Waals surface area contributed by atoms with Gasteiger partial charge in [-0.3, -0.25) is 14.6 Å². The van der Waals surface area contributed by atoms with Crippen molar-refractivity contribution >= 4 is 11.9 Å². The number of amides is 3. The molecule has 1 unspecified atom stereocenters. The van der Waals surface area contributed by atoms with E-state index in [0.717, 1.165) is 26.1 Å². The average Bonchev–Trinajstić information content (AvgIpc) is 2.76. The summed E-state index contributed by atoms with van der Waals surface area (Å²) in [5.74, 6) is 0.541. The first-order valence-electron chi connectivity index (χ1n) is 6.66. The van der Waals surface area contributed by atoms with E-state index in [-0.39, 0.29) is 11.9 Å². The number of urea groups is 1. The van der Waals surface area contributed by atoms with Crippen LogP contribution in [0.15, 0.2) is 0 Å². The van der Waals surface area contributed by atoms with Gasteiger partial charge >= 0.3 is 6.03 Å². The van der Waals surface area contributed by atoms with Gasteiger partial charge in [0.1, 0.15) is 0 Å². The molecule has 0 saturated carbocycles. The molecule has 18 heavy (non-hydrogen) atoms. The van der Waals surface area contributed by atoms with Crippen LogP contribution in [-0.2, 0) is 4.79 Å². The summed E-state index contributed by atoms with van der Waals surface area (Å²) >= 11 is 0. The van der Waals surface area contributed by atoms with E-state index in [1.54, 1.807) is 0 Å². The molecule has 2 heterocycles. The first-order chi connectivity index (χ1) is 8.70. The number of hydrogen-bond acceptors (Lipinski definition) is 4. The molecule has 0 aliphatic carbocycles. The molecule has 3 amide bonds. The number of rotatable bonds is 4. The summed E-state index contributed by atoms with van der Waals surface area (Å²) in [6.45, 7) is 4.35. The van der Waals surface area contributed by atoms with E-state index in [9.17, 15) is 9.59 Å². The molecular weight excluding hydrogens is 232 g/mol. The van der Waals surface area contributed by atoms with E-state index in [1.807, 2.05) is 7.05 Å². The van der Waals surface area contributed by atoms with Crippen molar-refractivity contribution in [3.63, 3.8) is 0 Å². The second-order valence-electron chi connectivity index (χ2n) is 5.08. The highest BCUT2D eigenvalue weighted by atomic mass is 16.2. The van der Waals surface area contributed by atoms with Gasteiger partial charge in [-0.15, -0.1) is 0 Å². The zero-order valence-corrected chi connectivity index (χ0v) is 10.9. The molecule has 2 rings (SSSR count). The van der Waals surface area contributed by atoms with Gasteiger partial charge in [-0.2, -0.15) is 0 Å².